The molecule has 1 unspecified atom stereocenters. The lowest BCUT2D eigenvalue weighted by Crippen LogP contribution is -2.15. The van der Waals surface area contributed by atoms with Crippen LogP contribution in [-0.2, 0) is 9.47 Å². The normalized spacial score (nSPS) is 12.2. The van der Waals surface area contributed by atoms with Crippen molar-refractivity contribution in [2.75, 3.05) is 13.7 Å². The summed E-state index contributed by atoms with van der Waals surface area (Å²) >= 11 is 0. The summed E-state index contributed by atoms with van der Waals surface area (Å²) < 4.78 is 22.9. The zero-order valence-electron chi connectivity index (χ0n) is 10.8. The van der Waals surface area contributed by atoms with Gasteiger partial charge < -0.3 is 9.47 Å². The third kappa shape index (κ3) is 5.27. The highest BCUT2D eigenvalue weighted by Gasteiger charge is 2.11. The lowest BCUT2D eigenvalue weighted by Gasteiger charge is -2.13. The molecule has 1 aromatic rings. The molecule has 1 atom stereocenters. The molecule has 0 radical (unpaired) electrons. The first-order chi connectivity index (χ1) is 8.63. The van der Waals surface area contributed by atoms with E-state index >= 15 is 0 Å². The molecule has 0 spiro atoms. The maximum absolute atomic E-state index is 12.7. The first-order valence-electron chi connectivity index (χ1n) is 6.09. The number of methoxy groups -OCH3 is 1. The fraction of sp³-hybridized carbons (Fsp3) is 0.500. The van der Waals surface area contributed by atoms with Gasteiger partial charge in [0, 0.05) is 13.7 Å². The highest BCUT2D eigenvalue weighted by molar-refractivity contribution is 5.89. The molecule has 3 nitrogen and oxygen atoms in total. The van der Waals surface area contributed by atoms with Crippen molar-refractivity contribution in [1.82, 2.24) is 0 Å². The number of carbonyl (C=O) groups is 1. The molecule has 0 bridgehead atoms. The van der Waals surface area contributed by atoms with Crippen molar-refractivity contribution in [2.45, 2.75) is 32.3 Å². The van der Waals surface area contributed by atoms with E-state index in [4.69, 9.17) is 9.47 Å². The van der Waals surface area contributed by atoms with Crippen LogP contribution in [0, 0.1) is 5.82 Å². The largest absolute Gasteiger partial charge is 0.459 e. The van der Waals surface area contributed by atoms with Crippen molar-refractivity contribution >= 4 is 5.97 Å². The lowest BCUT2D eigenvalue weighted by molar-refractivity contribution is 0.0316. The number of esters is 1. The predicted molar refractivity (Wildman–Crippen MR) is 67.0 cm³/mol. The van der Waals surface area contributed by atoms with Crippen LogP contribution < -0.4 is 0 Å². The molecule has 4 heteroatoms. The molecule has 0 saturated heterocycles. The van der Waals surface area contributed by atoms with Crippen molar-refractivity contribution in [1.29, 1.82) is 0 Å². The average Bonchev–Trinajstić information content (AvgIpc) is 2.35. The number of ether oxygens (including phenoxy) is 2. The summed E-state index contributed by atoms with van der Waals surface area (Å²) in [5.41, 5.74) is 0.375. The van der Waals surface area contributed by atoms with Gasteiger partial charge in [0.15, 0.2) is 0 Å². The monoisotopic (exact) mass is 254 g/mol. The van der Waals surface area contributed by atoms with E-state index < -0.39 is 5.97 Å². The Labute approximate surface area is 107 Å². The summed E-state index contributed by atoms with van der Waals surface area (Å²) in [6, 6.07) is 5.35. The Bertz CT molecular complexity index is 362. The third-order valence-electron chi connectivity index (χ3n) is 2.60. The van der Waals surface area contributed by atoms with E-state index in [0.29, 0.717) is 5.56 Å². The van der Waals surface area contributed by atoms with E-state index in [9.17, 15) is 9.18 Å². The number of rotatable bonds is 7. The van der Waals surface area contributed by atoms with E-state index in [0.717, 1.165) is 25.9 Å². The van der Waals surface area contributed by atoms with Crippen LogP contribution in [-0.4, -0.2) is 25.8 Å². The average molecular weight is 254 g/mol. The third-order valence-corrected chi connectivity index (χ3v) is 2.60. The van der Waals surface area contributed by atoms with Crippen molar-refractivity contribution < 1.29 is 18.7 Å². The summed E-state index contributed by atoms with van der Waals surface area (Å²) in [7, 11) is 1.66. The molecule has 0 N–H and O–H groups in total. The van der Waals surface area contributed by atoms with Gasteiger partial charge in [0.2, 0.25) is 0 Å². The molecule has 0 aromatic heterocycles. The van der Waals surface area contributed by atoms with Gasteiger partial charge in [-0.15, -0.1) is 0 Å². The Morgan fingerprint density at radius 1 is 1.28 bits per heavy atom. The van der Waals surface area contributed by atoms with Gasteiger partial charge in [0.25, 0.3) is 0 Å². The molecule has 1 aromatic carbocycles. The van der Waals surface area contributed by atoms with Crippen LogP contribution in [0.2, 0.25) is 0 Å². The topological polar surface area (TPSA) is 35.5 Å². The minimum Gasteiger partial charge on any atom is -0.459 e. The Morgan fingerprint density at radius 3 is 2.56 bits per heavy atom. The molecule has 0 aliphatic carbocycles. The van der Waals surface area contributed by atoms with E-state index in [1.165, 1.54) is 24.3 Å². The second-order valence-corrected chi connectivity index (χ2v) is 4.21. The van der Waals surface area contributed by atoms with Crippen LogP contribution in [0.4, 0.5) is 4.39 Å². The molecule has 0 amide bonds. The predicted octanol–water partition coefficient (Wildman–Crippen LogP) is 3.19. The van der Waals surface area contributed by atoms with Crippen LogP contribution in [0.5, 0.6) is 0 Å². The smallest absolute Gasteiger partial charge is 0.338 e. The van der Waals surface area contributed by atoms with Gasteiger partial charge in [-0.1, -0.05) is 0 Å². The fourth-order valence-corrected chi connectivity index (χ4v) is 1.57. The number of carbonyl (C=O) groups excluding carboxylic acids is 1. The highest BCUT2D eigenvalue weighted by atomic mass is 19.1. The quantitative estimate of drug-likeness (QED) is 0.553. The van der Waals surface area contributed by atoms with Crippen molar-refractivity contribution in [3.05, 3.63) is 35.6 Å². The number of hydrogen-bond donors (Lipinski definition) is 0. The molecular formula is C14H19FO3. The van der Waals surface area contributed by atoms with Crippen LogP contribution in [0.15, 0.2) is 24.3 Å². The van der Waals surface area contributed by atoms with Crippen molar-refractivity contribution in [2.24, 2.45) is 0 Å². The zero-order valence-corrected chi connectivity index (χ0v) is 10.8. The van der Waals surface area contributed by atoms with Crippen LogP contribution in [0.25, 0.3) is 0 Å². The molecule has 18 heavy (non-hydrogen) atoms. The maximum Gasteiger partial charge on any atom is 0.338 e. The van der Waals surface area contributed by atoms with E-state index in [-0.39, 0.29) is 11.9 Å². The summed E-state index contributed by atoms with van der Waals surface area (Å²) in [5, 5.41) is 0. The van der Waals surface area contributed by atoms with Crippen molar-refractivity contribution in [3.8, 4) is 0 Å². The number of halogens is 1. The number of unbranched alkanes of at least 4 members (excludes halogenated alkanes) is 1. The number of hydrogen-bond acceptors (Lipinski definition) is 3. The Hall–Kier alpha value is -1.42. The van der Waals surface area contributed by atoms with Crippen LogP contribution in [0.3, 0.4) is 0 Å². The Morgan fingerprint density at radius 2 is 1.94 bits per heavy atom. The first kappa shape index (κ1) is 14.6. The van der Waals surface area contributed by atoms with Crippen LogP contribution in [0.1, 0.15) is 36.5 Å². The SMILES string of the molecule is COCCCCC(C)OC(=O)c1ccc(F)cc1. The van der Waals surface area contributed by atoms with Gasteiger partial charge in [0.05, 0.1) is 11.7 Å². The van der Waals surface area contributed by atoms with Gasteiger partial charge in [0.1, 0.15) is 5.82 Å². The standard InChI is InChI=1S/C14H19FO3/c1-11(5-3-4-10-17-2)18-14(16)12-6-8-13(15)9-7-12/h6-9,11H,3-5,10H2,1-2H3. The van der Waals surface area contributed by atoms with E-state index in [2.05, 4.69) is 0 Å². The van der Waals surface area contributed by atoms with Crippen molar-refractivity contribution in [3.63, 3.8) is 0 Å². The first-order valence-corrected chi connectivity index (χ1v) is 6.09. The molecule has 0 aliphatic heterocycles. The second-order valence-electron chi connectivity index (χ2n) is 4.21. The molecule has 0 fully saturated rings. The zero-order chi connectivity index (χ0) is 13.4. The maximum atomic E-state index is 12.7. The molecule has 0 saturated carbocycles. The molecule has 0 heterocycles. The van der Waals surface area contributed by atoms with E-state index in [1.54, 1.807) is 7.11 Å². The van der Waals surface area contributed by atoms with E-state index in [1.807, 2.05) is 6.92 Å². The number of benzene rings is 1. The Balaban J connectivity index is 2.33. The minimum atomic E-state index is -0.408. The summed E-state index contributed by atoms with van der Waals surface area (Å²) in [6.45, 7) is 2.58. The summed E-state index contributed by atoms with van der Waals surface area (Å²) in [6.07, 6.45) is 2.57. The van der Waals surface area contributed by atoms with Gasteiger partial charge >= 0.3 is 5.97 Å². The van der Waals surface area contributed by atoms with Gasteiger partial charge in [-0.05, 0) is 50.5 Å². The fourth-order valence-electron chi connectivity index (χ4n) is 1.57. The molecule has 0 aliphatic rings. The minimum absolute atomic E-state index is 0.139. The van der Waals surface area contributed by atoms with Gasteiger partial charge in [-0.3, -0.25) is 0 Å². The van der Waals surface area contributed by atoms with Gasteiger partial charge in [-0.2, -0.15) is 0 Å². The second kappa shape index (κ2) is 7.82. The lowest BCUT2D eigenvalue weighted by atomic mass is 10.1. The summed E-state index contributed by atoms with van der Waals surface area (Å²) in [5.74, 6) is -0.770. The molecular weight excluding hydrogens is 235 g/mol. The van der Waals surface area contributed by atoms with Crippen LogP contribution >= 0.6 is 0 Å². The summed E-state index contributed by atoms with van der Waals surface area (Å²) in [4.78, 5) is 11.7. The van der Waals surface area contributed by atoms with Gasteiger partial charge in [-0.25, -0.2) is 9.18 Å². The Kier molecular flexibility index (Phi) is 6.36. The molecule has 1 rings (SSSR count). The molecule has 100 valence electrons. The highest BCUT2D eigenvalue weighted by Crippen LogP contribution is 2.10.